The SMILES string of the molecule is Cc1ccc(OC2CCC3(CC2)CCN(c2ccc(OC(F)(F)F)cc2)C3=O)nn1. The van der Waals surface area contributed by atoms with Crippen LogP contribution in [-0.4, -0.2) is 35.1 Å². The van der Waals surface area contributed by atoms with Gasteiger partial charge < -0.3 is 14.4 Å². The number of amides is 1. The van der Waals surface area contributed by atoms with Gasteiger partial charge in [0, 0.05) is 18.3 Å². The summed E-state index contributed by atoms with van der Waals surface area (Å²) in [5.74, 6) is 0.215. The summed E-state index contributed by atoms with van der Waals surface area (Å²) in [7, 11) is 0. The fraction of sp³-hybridized carbons (Fsp3) is 0.476. The van der Waals surface area contributed by atoms with E-state index in [2.05, 4.69) is 14.9 Å². The maximum absolute atomic E-state index is 13.2. The summed E-state index contributed by atoms with van der Waals surface area (Å²) in [5.41, 5.74) is 0.972. The Bertz CT molecular complexity index is 892. The summed E-state index contributed by atoms with van der Waals surface area (Å²) in [4.78, 5) is 14.8. The molecule has 1 spiro atoms. The zero-order valence-corrected chi connectivity index (χ0v) is 16.5. The number of hydrogen-bond acceptors (Lipinski definition) is 5. The van der Waals surface area contributed by atoms with Gasteiger partial charge in [-0.3, -0.25) is 4.79 Å². The van der Waals surface area contributed by atoms with Gasteiger partial charge in [-0.05, 0) is 69.4 Å². The molecule has 0 N–H and O–H groups in total. The number of hydrogen-bond donors (Lipinski definition) is 0. The number of halogens is 3. The third-order valence-corrected chi connectivity index (χ3v) is 5.85. The zero-order chi connectivity index (χ0) is 21.4. The van der Waals surface area contributed by atoms with Crippen molar-refractivity contribution >= 4 is 11.6 Å². The second-order valence-electron chi connectivity index (χ2n) is 7.86. The first-order valence-corrected chi connectivity index (χ1v) is 9.89. The van der Waals surface area contributed by atoms with E-state index in [0.717, 1.165) is 25.0 Å². The summed E-state index contributed by atoms with van der Waals surface area (Å²) in [6, 6.07) is 9.08. The van der Waals surface area contributed by atoms with Crippen LogP contribution in [0, 0.1) is 12.3 Å². The maximum Gasteiger partial charge on any atom is 0.573 e. The maximum atomic E-state index is 13.2. The van der Waals surface area contributed by atoms with Crippen LogP contribution >= 0.6 is 0 Å². The van der Waals surface area contributed by atoms with Crippen LogP contribution in [0.3, 0.4) is 0 Å². The number of anilines is 1. The summed E-state index contributed by atoms with van der Waals surface area (Å²) >= 11 is 0. The number of benzene rings is 1. The molecule has 0 radical (unpaired) electrons. The smallest absolute Gasteiger partial charge is 0.473 e. The van der Waals surface area contributed by atoms with E-state index in [-0.39, 0.29) is 17.8 Å². The number of ether oxygens (including phenoxy) is 2. The van der Waals surface area contributed by atoms with Crippen molar-refractivity contribution in [2.45, 2.75) is 51.5 Å². The highest BCUT2D eigenvalue weighted by atomic mass is 19.4. The van der Waals surface area contributed by atoms with Crippen LogP contribution in [0.5, 0.6) is 11.6 Å². The van der Waals surface area contributed by atoms with Gasteiger partial charge in [0.05, 0.1) is 11.1 Å². The van der Waals surface area contributed by atoms with Crippen LogP contribution < -0.4 is 14.4 Å². The third-order valence-electron chi connectivity index (χ3n) is 5.85. The standard InChI is InChI=1S/C21H22F3N3O3/c1-14-2-7-18(26-25-14)29-16-8-10-20(11-9-16)12-13-27(19(20)28)15-3-5-17(6-4-15)30-21(22,23)24/h2-7,16H,8-13H2,1H3. The number of aryl methyl sites for hydroxylation is 1. The molecule has 30 heavy (non-hydrogen) atoms. The second-order valence-corrected chi connectivity index (χ2v) is 7.86. The van der Waals surface area contributed by atoms with Gasteiger partial charge in [-0.25, -0.2) is 0 Å². The summed E-state index contributed by atoms with van der Waals surface area (Å²) in [6.45, 7) is 2.41. The minimum atomic E-state index is -4.74. The van der Waals surface area contributed by atoms with Crippen LogP contribution in [0.1, 0.15) is 37.8 Å². The van der Waals surface area contributed by atoms with E-state index in [9.17, 15) is 18.0 Å². The number of carbonyl (C=O) groups is 1. The molecule has 2 heterocycles. The van der Waals surface area contributed by atoms with Crippen LogP contribution in [0.25, 0.3) is 0 Å². The molecule has 0 bridgehead atoms. The lowest BCUT2D eigenvalue weighted by molar-refractivity contribution is -0.274. The molecule has 160 valence electrons. The van der Waals surface area contributed by atoms with E-state index in [0.29, 0.717) is 31.0 Å². The third kappa shape index (κ3) is 4.34. The molecular weight excluding hydrogens is 399 g/mol. The van der Waals surface area contributed by atoms with Crippen molar-refractivity contribution < 1.29 is 27.4 Å². The molecule has 1 aliphatic heterocycles. The summed E-state index contributed by atoms with van der Waals surface area (Å²) < 4.78 is 46.8. The molecule has 1 aromatic heterocycles. The molecule has 0 atom stereocenters. The Morgan fingerprint density at radius 2 is 1.73 bits per heavy atom. The Hall–Kier alpha value is -2.84. The highest BCUT2D eigenvalue weighted by Gasteiger charge is 2.49. The molecular formula is C21H22F3N3O3. The largest absolute Gasteiger partial charge is 0.573 e. The molecule has 1 aromatic carbocycles. The van der Waals surface area contributed by atoms with Gasteiger partial charge in [-0.15, -0.1) is 18.3 Å². The Morgan fingerprint density at radius 3 is 2.33 bits per heavy atom. The number of aromatic nitrogens is 2. The first-order chi connectivity index (χ1) is 14.2. The van der Waals surface area contributed by atoms with Gasteiger partial charge in [-0.1, -0.05) is 0 Å². The van der Waals surface area contributed by atoms with Crippen molar-refractivity contribution in [3.63, 3.8) is 0 Å². The van der Waals surface area contributed by atoms with Crippen LogP contribution in [0.15, 0.2) is 36.4 Å². The Labute approximate surface area is 172 Å². The van der Waals surface area contributed by atoms with E-state index in [1.807, 2.05) is 13.0 Å². The first kappa shape index (κ1) is 20.4. The molecule has 1 saturated carbocycles. The van der Waals surface area contributed by atoms with Crippen LogP contribution in [-0.2, 0) is 4.79 Å². The normalized spacial score (nSPS) is 24.3. The van der Waals surface area contributed by atoms with E-state index in [1.54, 1.807) is 11.0 Å². The highest BCUT2D eigenvalue weighted by Crippen LogP contribution is 2.46. The lowest BCUT2D eigenvalue weighted by atomic mass is 9.72. The van der Waals surface area contributed by atoms with E-state index in [1.165, 1.54) is 24.3 Å². The van der Waals surface area contributed by atoms with Gasteiger partial charge in [-0.2, -0.15) is 5.10 Å². The number of nitrogens with zero attached hydrogens (tertiary/aromatic N) is 3. The molecule has 2 aromatic rings. The molecule has 4 rings (SSSR count). The molecule has 2 fully saturated rings. The van der Waals surface area contributed by atoms with Crippen molar-refractivity contribution in [1.29, 1.82) is 0 Å². The molecule has 6 nitrogen and oxygen atoms in total. The fourth-order valence-corrected chi connectivity index (χ4v) is 4.24. The fourth-order valence-electron chi connectivity index (χ4n) is 4.24. The van der Waals surface area contributed by atoms with Crippen molar-refractivity contribution in [1.82, 2.24) is 10.2 Å². The summed E-state index contributed by atoms with van der Waals surface area (Å²) in [6.07, 6.45) is -1.11. The number of rotatable bonds is 4. The monoisotopic (exact) mass is 421 g/mol. The van der Waals surface area contributed by atoms with Gasteiger partial charge in [0.25, 0.3) is 0 Å². The topological polar surface area (TPSA) is 64.6 Å². The Kier molecular flexibility index (Phi) is 5.29. The highest BCUT2D eigenvalue weighted by molar-refractivity contribution is 6.00. The molecule has 0 unspecified atom stereocenters. The lowest BCUT2D eigenvalue weighted by Crippen LogP contribution is -2.39. The van der Waals surface area contributed by atoms with Crippen LogP contribution in [0.2, 0.25) is 0 Å². The van der Waals surface area contributed by atoms with Gasteiger partial charge >= 0.3 is 6.36 Å². The molecule has 1 amide bonds. The van der Waals surface area contributed by atoms with E-state index >= 15 is 0 Å². The van der Waals surface area contributed by atoms with E-state index < -0.39 is 11.8 Å². The predicted octanol–water partition coefficient (Wildman–Crippen LogP) is 4.43. The van der Waals surface area contributed by atoms with Gasteiger partial charge in [0.15, 0.2) is 0 Å². The van der Waals surface area contributed by atoms with Crippen molar-refractivity contribution in [2.24, 2.45) is 5.41 Å². The Balaban J connectivity index is 1.37. The van der Waals surface area contributed by atoms with Crippen molar-refractivity contribution in [3.8, 4) is 11.6 Å². The number of alkyl halides is 3. The lowest BCUT2D eigenvalue weighted by Gasteiger charge is -2.35. The van der Waals surface area contributed by atoms with E-state index in [4.69, 9.17) is 4.74 Å². The van der Waals surface area contributed by atoms with Crippen LogP contribution in [0.4, 0.5) is 18.9 Å². The average Bonchev–Trinajstić information content (AvgIpc) is 3.01. The number of carbonyl (C=O) groups excluding carboxylic acids is 1. The van der Waals surface area contributed by atoms with Crippen molar-refractivity contribution in [3.05, 3.63) is 42.1 Å². The average molecular weight is 421 g/mol. The zero-order valence-electron chi connectivity index (χ0n) is 16.5. The van der Waals surface area contributed by atoms with Gasteiger partial charge in [0.2, 0.25) is 11.8 Å². The first-order valence-electron chi connectivity index (χ1n) is 9.89. The van der Waals surface area contributed by atoms with Gasteiger partial charge in [0.1, 0.15) is 11.9 Å². The summed E-state index contributed by atoms with van der Waals surface area (Å²) in [5, 5.41) is 8.02. The predicted molar refractivity (Wildman–Crippen MR) is 102 cm³/mol. The van der Waals surface area contributed by atoms with Crippen molar-refractivity contribution in [2.75, 3.05) is 11.4 Å². The Morgan fingerprint density at radius 1 is 1.03 bits per heavy atom. The minimum Gasteiger partial charge on any atom is -0.473 e. The molecule has 2 aliphatic rings. The molecule has 1 saturated heterocycles. The molecule has 9 heteroatoms. The minimum absolute atomic E-state index is 0.00622. The second kappa shape index (κ2) is 7.77. The quantitative estimate of drug-likeness (QED) is 0.731. The molecule has 1 aliphatic carbocycles.